The summed E-state index contributed by atoms with van der Waals surface area (Å²) in [5.74, 6) is 1.33. The van der Waals surface area contributed by atoms with Gasteiger partial charge in [0.25, 0.3) is 0 Å². The third-order valence-corrected chi connectivity index (χ3v) is 11.6. The first-order valence-corrected chi connectivity index (χ1v) is 12.9. The van der Waals surface area contributed by atoms with Gasteiger partial charge < -0.3 is 9.84 Å². The van der Waals surface area contributed by atoms with Crippen LogP contribution in [-0.2, 0) is 19.1 Å². The van der Waals surface area contributed by atoms with Gasteiger partial charge >= 0.3 is 5.97 Å². The normalized spacial score (nSPS) is 52.3. The first kappa shape index (κ1) is 22.6. The highest BCUT2D eigenvalue weighted by Gasteiger charge is 2.72. The van der Waals surface area contributed by atoms with Crippen molar-refractivity contribution < 1.29 is 24.2 Å². The van der Waals surface area contributed by atoms with Crippen molar-refractivity contribution >= 4 is 17.5 Å². The Labute approximate surface area is 192 Å². The van der Waals surface area contributed by atoms with Gasteiger partial charge in [0.2, 0.25) is 0 Å². The zero-order valence-corrected chi connectivity index (χ0v) is 20.2. The van der Waals surface area contributed by atoms with E-state index in [2.05, 4.69) is 13.8 Å². The SMILES string of the molecule is CC(=O)O[C@H]1CC[C@]2(C)[C@@H]3CC[C@@]4(C)[C@@H](C[C@@H]5CCCC[C@@]54C(C)=O)[C@H]3CC(=O)[C@@]2(O)C1. The minimum atomic E-state index is -1.41. The van der Waals surface area contributed by atoms with Gasteiger partial charge in [0.05, 0.1) is 0 Å². The number of ether oxygens (including phenoxy) is 1. The molecule has 0 radical (unpaired) electrons. The van der Waals surface area contributed by atoms with Gasteiger partial charge in [0.1, 0.15) is 17.5 Å². The van der Waals surface area contributed by atoms with Crippen molar-refractivity contribution in [2.45, 2.75) is 110 Å². The van der Waals surface area contributed by atoms with E-state index >= 15 is 0 Å². The monoisotopic (exact) mass is 444 g/mol. The minimum Gasteiger partial charge on any atom is -0.462 e. The summed E-state index contributed by atoms with van der Waals surface area (Å²) in [5, 5.41) is 11.8. The molecule has 178 valence electrons. The van der Waals surface area contributed by atoms with Crippen molar-refractivity contribution in [2.75, 3.05) is 0 Å². The molecule has 0 bridgehead atoms. The smallest absolute Gasteiger partial charge is 0.302 e. The van der Waals surface area contributed by atoms with Crippen LogP contribution in [-0.4, -0.2) is 34.3 Å². The Morgan fingerprint density at radius 3 is 2.38 bits per heavy atom. The molecule has 0 aromatic carbocycles. The Kier molecular flexibility index (Phi) is 5.03. The van der Waals surface area contributed by atoms with Crippen LogP contribution in [0, 0.1) is 39.9 Å². The lowest BCUT2D eigenvalue weighted by molar-refractivity contribution is -0.219. The summed E-state index contributed by atoms with van der Waals surface area (Å²) in [7, 11) is 0. The zero-order valence-electron chi connectivity index (χ0n) is 20.2. The van der Waals surface area contributed by atoms with Gasteiger partial charge in [-0.25, -0.2) is 0 Å². The Morgan fingerprint density at radius 2 is 1.69 bits per heavy atom. The maximum atomic E-state index is 13.6. The molecule has 0 unspecified atom stereocenters. The lowest BCUT2D eigenvalue weighted by Crippen LogP contribution is -2.67. The van der Waals surface area contributed by atoms with E-state index in [1.54, 1.807) is 0 Å². The van der Waals surface area contributed by atoms with Crippen LogP contribution in [0.4, 0.5) is 0 Å². The van der Waals surface area contributed by atoms with Crippen LogP contribution in [0.15, 0.2) is 0 Å². The second kappa shape index (κ2) is 7.13. The van der Waals surface area contributed by atoms with Crippen LogP contribution >= 0.6 is 0 Å². The molecule has 0 heterocycles. The van der Waals surface area contributed by atoms with E-state index in [-0.39, 0.29) is 46.9 Å². The molecule has 0 aromatic heterocycles. The van der Waals surface area contributed by atoms with E-state index in [4.69, 9.17) is 4.74 Å². The van der Waals surface area contributed by atoms with Crippen LogP contribution in [0.5, 0.6) is 0 Å². The summed E-state index contributed by atoms with van der Waals surface area (Å²) in [6.07, 6.45) is 9.23. The molecule has 0 saturated heterocycles. The van der Waals surface area contributed by atoms with E-state index in [1.807, 2.05) is 6.92 Å². The Bertz CT molecular complexity index is 851. The number of aliphatic hydroxyl groups is 1. The van der Waals surface area contributed by atoms with Crippen molar-refractivity contribution in [1.82, 2.24) is 0 Å². The molecule has 9 atom stereocenters. The van der Waals surface area contributed by atoms with E-state index in [0.717, 1.165) is 38.5 Å². The van der Waals surface area contributed by atoms with Crippen molar-refractivity contribution in [2.24, 2.45) is 39.9 Å². The van der Waals surface area contributed by atoms with E-state index < -0.39 is 11.0 Å². The van der Waals surface area contributed by atoms with Crippen molar-refractivity contribution in [3.63, 3.8) is 0 Å². The summed E-state index contributed by atoms with van der Waals surface area (Å²) in [6, 6.07) is 0. The Morgan fingerprint density at radius 1 is 0.969 bits per heavy atom. The van der Waals surface area contributed by atoms with E-state index in [1.165, 1.54) is 13.3 Å². The van der Waals surface area contributed by atoms with Crippen LogP contribution in [0.2, 0.25) is 0 Å². The van der Waals surface area contributed by atoms with Crippen LogP contribution in [0.1, 0.15) is 98.3 Å². The third kappa shape index (κ3) is 2.63. The van der Waals surface area contributed by atoms with Gasteiger partial charge in [0, 0.05) is 30.6 Å². The molecule has 5 rings (SSSR count). The molecule has 1 N–H and O–H groups in total. The predicted molar refractivity (Wildman–Crippen MR) is 120 cm³/mol. The quantitative estimate of drug-likeness (QED) is 0.628. The number of carbonyl (C=O) groups excluding carboxylic acids is 3. The third-order valence-electron chi connectivity index (χ3n) is 11.6. The molecule has 5 heteroatoms. The molecular formula is C27H40O5. The molecule has 0 spiro atoms. The largest absolute Gasteiger partial charge is 0.462 e. The highest BCUT2D eigenvalue weighted by atomic mass is 16.5. The van der Waals surface area contributed by atoms with E-state index in [0.29, 0.717) is 36.9 Å². The number of ketones is 2. The lowest BCUT2D eigenvalue weighted by Gasteiger charge is -2.64. The number of hydrogen-bond acceptors (Lipinski definition) is 5. The average molecular weight is 445 g/mol. The van der Waals surface area contributed by atoms with Crippen molar-refractivity contribution in [1.29, 1.82) is 0 Å². The van der Waals surface area contributed by atoms with E-state index in [9.17, 15) is 19.5 Å². The van der Waals surface area contributed by atoms with Gasteiger partial charge in [0.15, 0.2) is 5.78 Å². The summed E-state index contributed by atoms with van der Waals surface area (Å²) in [4.78, 5) is 38.3. The Hall–Kier alpha value is -1.23. The van der Waals surface area contributed by atoms with Crippen molar-refractivity contribution in [3.05, 3.63) is 0 Å². The molecule has 5 fully saturated rings. The average Bonchev–Trinajstić information content (AvgIpc) is 3.00. The molecule has 5 nitrogen and oxygen atoms in total. The maximum absolute atomic E-state index is 13.6. The number of esters is 1. The molecule has 5 aliphatic carbocycles. The van der Waals surface area contributed by atoms with Gasteiger partial charge in [-0.3, -0.25) is 14.4 Å². The number of hydrogen-bond donors (Lipinski definition) is 1. The molecule has 5 aliphatic rings. The fraction of sp³-hybridized carbons (Fsp3) is 0.889. The van der Waals surface area contributed by atoms with Gasteiger partial charge in [-0.1, -0.05) is 26.7 Å². The second-order valence-corrected chi connectivity index (χ2v) is 12.4. The van der Waals surface area contributed by atoms with Gasteiger partial charge in [-0.15, -0.1) is 0 Å². The number of carbonyl (C=O) groups is 3. The van der Waals surface area contributed by atoms with Gasteiger partial charge in [-0.2, -0.15) is 0 Å². The predicted octanol–water partition coefficient (Wildman–Crippen LogP) is 4.63. The molecule has 0 aromatic rings. The summed E-state index contributed by atoms with van der Waals surface area (Å²) in [5.41, 5.74) is -2.15. The van der Waals surface area contributed by atoms with Gasteiger partial charge in [-0.05, 0) is 81.0 Å². The standard InChI is InChI=1S/C27H40O5/c1-16(28)26-10-6-5-7-18(26)13-22-20-14-23(30)27(31)15-19(32-17(2)29)8-11-25(27,4)21(20)9-12-24(22,26)3/h18-22,31H,5-15H2,1-4H3/t18-,19-,20-,21+,22-,24-,25+,26+,27-/m0/s1. The zero-order chi connectivity index (χ0) is 23.1. The molecule has 32 heavy (non-hydrogen) atoms. The highest BCUT2D eigenvalue weighted by molar-refractivity contribution is 5.90. The lowest BCUT2D eigenvalue weighted by atomic mass is 9.41. The number of Topliss-reactive ketones (excluding diaryl/α,β-unsaturated/α-hetero) is 2. The minimum absolute atomic E-state index is 0.0356. The Balaban J connectivity index is 1.50. The number of rotatable bonds is 2. The van der Waals surface area contributed by atoms with Crippen LogP contribution in [0.25, 0.3) is 0 Å². The molecule has 5 saturated carbocycles. The maximum Gasteiger partial charge on any atom is 0.302 e. The molecular weight excluding hydrogens is 404 g/mol. The fourth-order valence-electron chi connectivity index (χ4n) is 10.1. The molecule has 0 aliphatic heterocycles. The summed E-state index contributed by atoms with van der Waals surface area (Å²) >= 11 is 0. The first-order valence-electron chi connectivity index (χ1n) is 12.9. The summed E-state index contributed by atoms with van der Waals surface area (Å²) < 4.78 is 5.44. The van der Waals surface area contributed by atoms with Crippen molar-refractivity contribution in [3.8, 4) is 0 Å². The first-order chi connectivity index (χ1) is 15.0. The summed E-state index contributed by atoms with van der Waals surface area (Å²) in [6.45, 7) is 7.70. The topological polar surface area (TPSA) is 80.7 Å². The highest BCUT2D eigenvalue weighted by Crippen LogP contribution is 2.74. The second-order valence-electron chi connectivity index (χ2n) is 12.4. The molecule has 0 amide bonds. The van der Waals surface area contributed by atoms with Crippen LogP contribution < -0.4 is 0 Å². The van der Waals surface area contributed by atoms with Crippen LogP contribution in [0.3, 0.4) is 0 Å². The fourth-order valence-corrected chi connectivity index (χ4v) is 10.1. The number of fused-ring (bicyclic) bond motifs is 7.